The maximum Gasteiger partial charge on any atom is 0.132 e. The first kappa shape index (κ1) is 44.5. The predicted octanol–water partition coefficient (Wildman–Crippen LogP) is 19.1. The highest BCUT2D eigenvalue weighted by atomic mass is 32.1. The summed E-state index contributed by atoms with van der Waals surface area (Å²) in [5, 5.41) is 2.51. The monoisotopic (exact) mass is 973 g/mol. The van der Waals surface area contributed by atoms with Gasteiger partial charge in [0.25, 0.3) is 0 Å². The highest BCUT2D eigenvalue weighted by Crippen LogP contribution is 2.66. The molecule has 74 heavy (non-hydrogen) atoms. The van der Waals surface area contributed by atoms with E-state index in [9.17, 15) is 0 Å². The van der Waals surface area contributed by atoms with E-state index in [4.69, 9.17) is 9.47 Å². The third kappa shape index (κ3) is 6.31. The van der Waals surface area contributed by atoms with Gasteiger partial charge in [-0.25, -0.2) is 0 Å². The van der Waals surface area contributed by atoms with Crippen LogP contribution in [0.4, 0.5) is 17.1 Å². The number of para-hydroxylation sites is 1. The average Bonchev–Trinajstić information content (AvgIpc) is 3.99. The summed E-state index contributed by atoms with van der Waals surface area (Å²) in [6.45, 7) is 13.9. The Morgan fingerprint density at radius 2 is 0.878 bits per heavy atom. The Kier molecular flexibility index (Phi) is 9.72. The average molecular weight is 974 g/mol. The van der Waals surface area contributed by atoms with Gasteiger partial charge in [-0.3, -0.25) is 0 Å². The Balaban J connectivity index is 1.11. The minimum Gasteiger partial charge on any atom is -0.457 e. The van der Waals surface area contributed by atoms with Gasteiger partial charge in [-0.2, -0.15) is 0 Å². The van der Waals surface area contributed by atoms with Crippen molar-refractivity contribution in [3.63, 3.8) is 0 Å². The number of ether oxygens (including phenoxy) is 2. The van der Waals surface area contributed by atoms with Gasteiger partial charge in [0.15, 0.2) is 0 Å². The summed E-state index contributed by atoms with van der Waals surface area (Å²) in [5.74, 6) is 3.48. The van der Waals surface area contributed by atoms with Crippen LogP contribution < -0.4 is 14.4 Å². The van der Waals surface area contributed by atoms with Gasteiger partial charge in [-0.1, -0.05) is 199 Å². The van der Waals surface area contributed by atoms with Crippen molar-refractivity contribution in [2.24, 2.45) is 0 Å². The molecule has 0 unspecified atom stereocenters. The first-order valence-corrected chi connectivity index (χ1v) is 26.7. The molecule has 1 spiro atoms. The van der Waals surface area contributed by atoms with Crippen LogP contribution in [-0.2, 0) is 21.7 Å². The summed E-state index contributed by atoms with van der Waals surface area (Å²) in [6, 6.07) is 83.3. The summed E-state index contributed by atoms with van der Waals surface area (Å²) in [6.07, 6.45) is 0. The van der Waals surface area contributed by atoms with Gasteiger partial charge in [0.2, 0.25) is 0 Å². The van der Waals surface area contributed by atoms with Gasteiger partial charge in [0.05, 0.1) is 26.9 Å². The Bertz CT molecular complexity index is 3960. The normalized spacial score (nSPS) is 14.5. The minimum atomic E-state index is -0.710. The van der Waals surface area contributed by atoms with Crippen LogP contribution in [0.5, 0.6) is 23.0 Å². The van der Waals surface area contributed by atoms with Crippen molar-refractivity contribution in [2.75, 3.05) is 4.90 Å². The van der Waals surface area contributed by atoms with Gasteiger partial charge in [0, 0.05) is 49.0 Å². The first-order valence-electron chi connectivity index (χ1n) is 25.9. The van der Waals surface area contributed by atoms with Crippen LogP contribution in [0.1, 0.15) is 97.2 Å². The Hall–Kier alpha value is -8.18. The van der Waals surface area contributed by atoms with Crippen molar-refractivity contribution in [1.29, 1.82) is 0 Å². The zero-order chi connectivity index (χ0) is 50.1. The maximum atomic E-state index is 7.07. The number of benzene rings is 10. The lowest BCUT2D eigenvalue weighted by Gasteiger charge is -2.42. The van der Waals surface area contributed by atoms with E-state index in [1.807, 2.05) is 11.3 Å². The molecule has 14 rings (SSSR count). The molecule has 0 atom stereocenters. The SMILES string of the molecule is CC(C)(C)c1ccc2c(c1)C1(c3cc(C(C)(C)C)ccc3O2)c2ccccc2-c2c(N(c3ccc4c(c3)C(c3ccccc3)(c3ccccc3)c3ccccc3O4)c3cccc4c3sc3ccccc34)cccc21. The summed E-state index contributed by atoms with van der Waals surface area (Å²) in [4.78, 5) is 2.56. The molecule has 1 aliphatic carbocycles. The van der Waals surface area contributed by atoms with E-state index in [2.05, 4.69) is 271 Å². The molecular weight excluding hydrogens is 919 g/mol. The molecule has 3 nitrogen and oxygen atoms in total. The molecule has 4 heteroatoms. The molecule has 0 saturated carbocycles. The van der Waals surface area contributed by atoms with Crippen LogP contribution in [0.15, 0.2) is 224 Å². The van der Waals surface area contributed by atoms with Crippen LogP contribution >= 0.6 is 11.3 Å². The van der Waals surface area contributed by atoms with Crippen molar-refractivity contribution < 1.29 is 9.47 Å². The summed E-state index contributed by atoms with van der Waals surface area (Å²) in [5.41, 5.74) is 16.0. The van der Waals surface area contributed by atoms with Crippen molar-refractivity contribution >= 4 is 48.6 Å². The lowest BCUT2D eigenvalue weighted by Crippen LogP contribution is -2.34. The zero-order valence-electron chi connectivity index (χ0n) is 42.5. The molecule has 3 heterocycles. The maximum absolute atomic E-state index is 7.07. The van der Waals surface area contributed by atoms with Crippen molar-refractivity contribution in [2.45, 2.75) is 63.2 Å². The zero-order valence-corrected chi connectivity index (χ0v) is 43.4. The molecule has 3 aliphatic rings. The molecule has 0 bridgehead atoms. The first-order chi connectivity index (χ1) is 36.0. The Morgan fingerprint density at radius 3 is 1.54 bits per heavy atom. The van der Waals surface area contributed by atoms with E-state index in [0.717, 1.165) is 51.2 Å². The minimum absolute atomic E-state index is 0.0995. The van der Waals surface area contributed by atoms with Gasteiger partial charge in [-0.15, -0.1) is 11.3 Å². The fourth-order valence-electron chi connectivity index (χ4n) is 12.7. The number of fused-ring (bicyclic) bond motifs is 14. The van der Waals surface area contributed by atoms with E-state index >= 15 is 0 Å². The number of rotatable bonds is 5. The molecule has 0 fully saturated rings. The number of anilines is 3. The molecular formula is C70H55NO2S. The molecule has 11 aromatic rings. The van der Waals surface area contributed by atoms with Gasteiger partial charge in [0.1, 0.15) is 23.0 Å². The molecule has 0 radical (unpaired) electrons. The molecule has 0 N–H and O–H groups in total. The second kappa shape index (κ2) is 16.2. The summed E-state index contributed by atoms with van der Waals surface area (Å²) >= 11 is 1.87. The second-order valence-electron chi connectivity index (χ2n) is 22.4. The van der Waals surface area contributed by atoms with Gasteiger partial charge < -0.3 is 14.4 Å². The van der Waals surface area contributed by atoms with Gasteiger partial charge in [-0.05, 0) is 117 Å². The molecule has 0 amide bonds. The topological polar surface area (TPSA) is 21.7 Å². The molecule has 1 aromatic heterocycles. The second-order valence-corrected chi connectivity index (χ2v) is 23.4. The quantitative estimate of drug-likeness (QED) is 0.172. The molecule has 358 valence electrons. The fraction of sp³-hybridized carbons (Fsp3) is 0.143. The number of nitrogens with zero attached hydrogens (tertiary/aromatic N) is 1. The van der Waals surface area contributed by atoms with E-state index in [1.54, 1.807) is 0 Å². The van der Waals surface area contributed by atoms with Crippen LogP contribution in [0.2, 0.25) is 0 Å². The molecule has 2 aliphatic heterocycles. The molecule has 0 saturated heterocycles. The van der Waals surface area contributed by atoms with Gasteiger partial charge >= 0.3 is 0 Å². The van der Waals surface area contributed by atoms with Crippen LogP contribution in [0.25, 0.3) is 31.3 Å². The largest absolute Gasteiger partial charge is 0.457 e. The lowest BCUT2D eigenvalue weighted by atomic mass is 9.63. The third-order valence-corrected chi connectivity index (χ3v) is 17.4. The smallest absolute Gasteiger partial charge is 0.132 e. The summed E-state index contributed by atoms with van der Waals surface area (Å²) in [7, 11) is 0. The van der Waals surface area contributed by atoms with Crippen LogP contribution in [0.3, 0.4) is 0 Å². The fourth-order valence-corrected chi connectivity index (χ4v) is 14.0. The summed E-state index contributed by atoms with van der Waals surface area (Å²) < 4.78 is 16.6. The highest BCUT2D eigenvalue weighted by Gasteiger charge is 2.53. The number of hydrogen-bond acceptors (Lipinski definition) is 4. The lowest BCUT2D eigenvalue weighted by molar-refractivity contribution is 0.433. The molecule has 10 aromatic carbocycles. The standard InChI is InChI=1S/C70H55NO2S/c1-67(2,3)46-35-38-61-55(41-46)70(56-42-47(68(4,5)6)36-39-62(56)73-61)52-28-15-13-26-51(52)65-54(70)30-20-31-58(65)71(59-32-19-27-50-49-25-14-18-34-64(49)74-66(50)59)48-37-40-63-57(43-48)69(44-21-9-7-10-22-44,45-23-11-8-12-24-45)53-29-16-17-33-60(53)72-63/h7-43H,1-6H3. The van der Waals surface area contributed by atoms with Crippen molar-refractivity contribution in [3.8, 4) is 34.1 Å². The Morgan fingerprint density at radius 1 is 0.378 bits per heavy atom. The predicted molar refractivity (Wildman–Crippen MR) is 307 cm³/mol. The Labute approximate surface area is 438 Å². The van der Waals surface area contributed by atoms with E-state index < -0.39 is 10.8 Å². The van der Waals surface area contributed by atoms with E-state index in [-0.39, 0.29) is 10.8 Å². The van der Waals surface area contributed by atoms with Crippen molar-refractivity contribution in [3.05, 3.63) is 280 Å². The van der Waals surface area contributed by atoms with E-state index in [0.29, 0.717) is 0 Å². The third-order valence-electron chi connectivity index (χ3n) is 16.2. The number of hydrogen-bond donors (Lipinski definition) is 0. The van der Waals surface area contributed by atoms with Crippen LogP contribution in [0, 0.1) is 0 Å². The number of thiophene rings is 1. The highest BCUT2D eigenvalue weighted by molar-refractivity contribution is 7.26. The van der Waals surface area contributed by atoms with Crippen molar-refractivity contribution in [1.82, 2.24) is 0 Å². The van der Waals surface area contributed by atoms with Crippen LogP contribution in [-0.4, -0.2) is 0 Å². The van der Waals surface area contributed by atoms with E-state index in [1.165, 1.54) is 75.8 Å².